The van der Waals surface area contributed by atoms with Gasteiger partial charge in [0.1, 0.15) is 11.5 Å². The summed E-state index contributed by atoms with van der Waals surface area (Å²) < 4.78 is 72.3. The normalized spacial score (nSPS) is 15.8. The molecule has 1 aliphatic heterocycles. The van der Waals surface area contributed by atoms with E-state index < -0.39 is 26.7 Å². The van der Waals surface area contributed by atoms with E-state index in [0.717, 1.165) is 17.7 Å². The summed E-state index contributed by atoms with van der Waals surface area (Å²) in [6, 6.07) is 9.67. The first kappa shape index (κ1) is 25.9. The second-order valence-corrected chi connectivity index (χ2v) is 11.4. The smallest absolute Gasteiger partial charge is 0.497 e. The van der Waals surface area contributed by atoms with Crippen LogP contribution in [0.2, 0.25) is 0 Å². The number of ether oxygens (including phenoxy) is 2. The van der Waals surface area contributed by atoms with Gasteiger partial charge in [0.15, 0.2) is 9.84 Å². The van der Waals surface area contributed by atoms with Gasteiger partial charge in [-0.1, -0.05) is 6.07 Å². The highest BCUT2D eigenvalue weighted by Crippen LogP contribution is 2.39. The molecule has 1 aliphatic rings. The molecule has 0 spiro atoms. The van der Waals surface area contributed by atoms with E-state index in [1.165, 1.54) is 12.1 Å². The first-order valence-corrected chi connectivity index (χ1v) is 12.3. The Hall–Kier alpha value is -2.75. The first-order chi connectivity index (χ1) is 15.8. The Balaban J connectivity index is 1.74. The molecule has 34 heavy (non-hydrogen) atoms. The lowest BCUT2D eigenvalue weighted by atomic mass is 9.85. The molecule has 0 radical (unpaired) electrons. The number of likely N-dealkylation sites (tertiary alicyclic amines) is 1. The summed E-state index contributed by atoms with van der Waals surface area (Å²) in [5, 5.41) is 0. The Morgan fingerprint density at radius 3 is 2.24 bits per heavy atom. The molecule has 2 aromatic rings. The standard InChI is InChI=1S/C24H28F3NO5S/c1-16-14-18(32-4)8-9-21(16)22(29)28-12-10-17(11-13-28)23(2,3)34(30,31)20-7-5-6-19(15-20)33-24(25,26)27/h5-9,14-15,17H,10-13H2,1-4H3. The van der Waals surface area contributed by atoms with Crippen LogP contribution < -0.4 is 9.47 Å². The van der Waals surface area contributed by atoms with E-state index >= 15 is 0 Å². The number of amides is 1. The molecule has 10 heteroatoms. The largest absolute Gasteiger partial charge is 0.573 e. The van der Waals surface area contributed by atoms with Crippen molar-refractivity contribution in [2.75, 3.05) is 20.2 Å². The summed E-state index contributed by atoms with van der Waals surface area (Å²) >= 11 is 0. The third-order valence-electron chi connectivity index (χ3n) is 6.47. The van der Waals surface area contributed by atoms with Crippen molar-refractivity contribution in [1.29, 1.82) is 0 Å². The molecule has 0 N–H and O–H groups in total. The molecule has 186 valence electrons. The predicted octanol–water partition coefficient (Wildman–Crippen LogP) is 5.01. The number of benzene rings is 2. The van der Waals surface area contributed by atoms with Gasteiger partial charge in [0.2, 0.25) is 0 Å². The number of methoxy groups -OCH3 is 1. The minimum absolute atomic E-state index is 0.128. The average molecular weight is 500 g/mol. The van der Waals surface area contributed by atoms with Gasteiger partial charge >= 0.3 is 6.36 Å². The summed E-state index contributed by atoms with van der Waals surface area (Å²) in [5.41, 5.74) is 1.35. The van der Waals surface area contributed by atoms with Crippen molar-refractivity contribution in [2.45, 2.75) is 49.6 Å². The molecule has 1 fully saturated rings. The summed E-state index contributed by atoms with van der Waals surface area (Å²) in [6.07, 6.45) is -4.02. The quantitative estimate of drug-likeness (QED) is 0.559. The number of nitrogens with zero attached hydrogens (tertiary/aromatic N) is 1. The number of hydrogen-bond acceptors (Lipinski definition) is 5. The van der Waals surface area contributed by atoms with E-state index in [1.54, 1.807) is 44.1 Å². The highest BCUT2D eigenvalue weighted by Gasteiger charge is 2.44. The number of alkyl halides is 3. The van der Waals surface area contributed by atoms with Gasteiger partial charge in [0.25, 0.3) is 5.91 Å². The van der Waals surface area contributed by atoms with Gasteiger partial charge in [-0.2, -0.15) is 0 Å². The van der Waals surface area contributed by atoms with E-state index in [1.807, 2.05) is 6.92 Å². The van der Waals surface area contributed by atoms with Gasteiger partial charge < -0.3 is 14.4 Å². The van der Waals surface area contributed by atoms with Crippen molar-refractivity contribution in [3.8, 4) is 11.5 Å². The molecule has 0 aliphatic carbocycles. The van der Waals surface area contributed by atoms with Crippen molar-refractivity contribution in [1.82, 2.24) is 4.90 Å². The van der Waals surface area contributed by atoms with Crippen LogP contribution >= 0.6 is 0 Å². The van der Waals surface area contributed by atoms with Crippen LogP contribution in [0.5, 0.6) is 11.5 Å². The molecule has 1 saturated heterocycles. The van der Waals surface area contributed by atoms with Crippen LogP contribution in [0.1, 0.15) is 42.6 Å². The Labute approximate surface area is 197 Å². The Kier molecular flexibility index (Phi) is 7.21. The molecular formula is C24H28F3NO5S. The van der Waals surface area contributed by atoms with E-state index in [0.29, 0.717) is 37.2 Å². The van der Waals surface area contributed by atoms with Gasteiger partial charge in [0.05, 0.1) is 16.8 Å². The van der Waals surface area contributed by atoms with E-state index in [2.05, 4.69) is 4.74 Å². The van der Waals surface area contributed by atoms with Crippen molar-refractivity contribution in [2.24, 2.45) is 5.92 Å². The Morgan fingerprint density at radius 2 is 1.68 bits per heavy atom. The van der Waals surface area contributed by atoms with Crippen LogP contribution in [0.25, 0.3) is 0 Å². The van der Waals surface area contributed by atoms with Crippen LogP contribution in [0.3, 0.4) is 0 Å². The summed E-state index contributed by atoms with van der Waals surface area (Å²) in [7, 11) is -2.43. The maximum Gasteiger partial charge on any atom is 0.573 e. The number of carbonyl (C=O) groups excluding carboxylic acids is 1. The summed E-state index contributed by atoms with van der Waals surface area (Å²) in [6.45, 7) is 5.75. The first-order valence-electron chi connectivity index (χ1n) is 10.8. The molecule has 0 unspecified atom stereocenters. The predicted molar refractivity (Wildman–Crippen MR) is 121 cm³/mol. The monoisotopic (exact) mass is 499 g/mol. The van der Waals surface area contributed by atoms with Crippen LogP contribution in [0.15, 0.2) is 47.4 Å². The number of hydrogen-bond donors (Lipinski definition) is 0. The molecule has 1 amide bonds. The fourth-order valence-electron chi connectivity index (χ4n) is 4.31. The van der Waals surface area contributed by atoms with Crippen molar-refractivity contribution in [3.05, 3.63) is 53.6 Å². The van der Waals surface area contributed by atoms with Crippen LogP contribution in [-0.2, 0) is 9.84 Å². The number of halogens is 3. The summed E-state index contributed by atoms with van der Waals surface area (Å²) in [4.78, 5) is 14.5. The minimum Gasteiger partial charge on any atom is -0.497 e. The van der Waals surface area contributed by atoms with E-state index in [4.69, 9.17) is 4.74 Å². The molecule has 1 heterocycles. The highest BCUT2D eigenvalue weighted by atomic mass is 32.2. The SMILES string of the molecule is COc1ccc(C(=O)N2CCC(C(C)(C)S(=O)(=O)c3cccc(OC(F)(F)F)c3)CC2)c(C)c1. The van der Waals surface area contributed by atoms with Gasteiger partial charge in [-0.15, -0.1) is 13.2 Å². The molecule has 0 aromatic heterocycles. The maximum atomic E-state index is 13.4. The number of rotatable bonds is 6. The minimum atomic E-state index is -4.92. The molecule has 6 nitrogen and oxygen atoms in total. The lowest BCUT2D eigenvalue weighted by Gasteiger charge is -2.40. The van der Waals surface area contributed by atoms with Gasteiger partial charge in [-0.25, -0.2) is 8.42 Å². The second kappa shape index (κ2) is 9.48. The molecule has 2 aromatic carbocycles. The lowest BCUT2D eigenvalue weighted by Crippen LogP contribution is -2.47. The second-order valence-electron chi connectivity index (χ2n) is 8.88. The van der Waals surface area contributed by atoms with Crippen LogP contribution in [0.4, 0.5) is 13.2 Å². The number of aryl methyl sites for hydroxylation is 1. The van der Waals surface area contributed by atoms with Gasteiger partial charge in [-0.05, 0) is 81.5 Å². The zero-order valence-corrected chi connectivity index (χ0v) is 20.3. The number of piperidine rings is 1. The molecular weight excluding hydrogens is 471 g/mol. The van der Waals surface area contributed by atoms with Crippen LogP contribution in [-0.4, -0.2) is 50.5 Å². The number of carbonyl (C=O) groups is 1. The fraction of sp³-hybridized carbons (Fsp3) is 0.458. The lowest BCUT2D eigenvalue weighted by molar-refractivity contribution is -0.274. The van der Waals surface area contributed by atoms with Gasteiger partial charge in [0, 0.05) is 18.7 Å². The third kappa shape index (κ3) is 5.32. The van der Waals surface area contributed by atoms with Crippen molar-refractivity contribution >= 4 is 15.7 Å². The van der Waals surface area contributed by atoms with E-state index in [9.17, 15) is 26.4 Å². The zero-order valence-electron chi connectivity index (χ0n) is 19.5. The zero-order chi connectivity index (χ0) is 25.3. The Bertz CT molecular complexity index is 1150. The summed E-state index contributed by atoms with van der Waals surface area (Å²) in [5.74, 6) is -0.342. The van der Waals surface area contributed by atoms with Gasteiger partial charge in [-0.3, -0.25) is 4.79 Å². The maximum absolute atomic E-state index is 13.4. The number of sulfone groups is 1. The molecule has 0 atom stereocenters. The van der Waals surface area contributed by atoms with Crippen molar-refractivity contribution in [3.63, 3.8) is 0 Å². The van der Waals surface area contributed by atoms with E-state index in [-0.39, 0.29) is 16.7 Å². The third-order valence-corrected chi connectivity index (χ3v) is 9.06. The molecule has 0 bridgehead atoms. The molecule has 3 rings (SSSR count). The fourth-order valence-corrected chi connectivity index (χ4v) is 6.12. The topological polar surface area (TPSA) is 72.9 Å². The Morgan fingerprint density at radius 1 is 1.03 bits per heavy atom. The molecule has 0 saturated carbocycles. The van der Waals surface area contributed by atoms with Crippen LogP contribution in [0, 0.1) is 12.8 Å². The highest BCUT2D eigenvalue weighted by molar-refractivity contribution is 7.92. The average Bonchev–Trinajstić information content (AvgIpc) is 2.77. The van der Waals surface area contributed by atoms with Crippen molar-refractivity contribution < 1.29 is 35.9 Å².